The van der Waals surface area contributed by atoms with Crippen LogP contribution in [0.1, 0.15) is 23.0 Å². The smallest absolute Gasteiger partial charge is 0.205 e. The zero-order valence-electron chi connectivity index (χ0n) is 11.7. The fraction of sp³-hybridized carbons (Fsp3) is 0.0625. The third kappa shape index (κ3) is 3.14. The number of aromatic nitrogens is 5. The van der Waals surface area contributed by atoms with Crippen LogP contribution in [0.15, 0.2) is 43.0 Å². The molecule has 0 amide bonds. The summed E-state index contributed by atoms with van der Waals surface area (Å²) < 4.78 is 2.11. The van der Waals surface area contributed by atoms with E-state index in [-0.39, 0.29) is 0 Å². The van der Waals surface area contributed by atoms with Crippen molar-refractivity contribution in [3.8, 4) is 0 Å². The van der Waals surface area contributed by atoms with Gasteiger partial charge in [-0.05, 0) is 18.2 Å². The van der Waals surface area contributed by atoms with Crippen LogP contribution in [-0.4, -0.2) is 19.9 Å². The second kappa shape index (κ2) is 6.00. The van der Waals surface area contributed by atoms with Crippen LogP contribution < -0.4 is 4.57 Å². The maximum absolute atomic E-state index is 4.18. The van der Waals surface area contributed by atoms with Gasteiger partial charge in [-0.2, -0.15) is 4.57 Å². The van der Waals surface area contributed by atoms with Crippen LogP contribution in [0.5, 0.6) is 0 Å². The summed E-state index contributed by atoms with van der Waals surface area (Å²) in [7, 11) is 2.03. The molecular formula is C16H16N5+. The predicted molar refractivity (Wildman–Crippen MR) is 82.6 cm³/mol. The van der Waals surface area contributed by atoms with Crippen LogP contribution >= 0.6 is 0 Å². The van der Waals surface area contributed by atoms with E-state index >= 15 is 0 Å². The fourth-order valence-corrected chi connectivity index (χ4v) is 2.02. The summed E-state index contributed by atoms with van der Waals surface area (Å²) in [6.07, 6.45) is 15.1. The lowest BCUT2D eigenvalue weighted by Crippen LogP contribution is -2.35. The number of nitrogens with one attached hydrogen (secondary N) is 2. The molecule has 2 N–H and O–H groups in total. The molecule has 5 heteroatoms. The highest BCUT2D eigenvalue weighted by molar-refractivity contribution is 5.65. The number of imidazole rings is 2. The average molecular weight is 278 g/mol. The average Bonchev–Trinajstić information content (AvgIpc) is 3.18. The number of H-pyrrole nitrogens is 2. The minimum absolute atomic E-state index is 0.839. The van der Waals surface area contributed by atoms with Crippen molar-refractivity contribution < 1.29 is 4.57 Å². The Morgan fingerprint density at radius 1 is 0.857 bits per heavy atom. The SMILES string of the molecule is C[n+]1c(C=Cc2ncc[nH]2)cccc1C=Cc1ncc[nH]1. The maximum Gasteiger partial charge on any atom is 0.205 e. The molecule has 0 fully saturated rings. The highest BCUT2D eigenvalue weighted by atomic mass is 14.9. The molecule has 0 aliphatic heterocycles. The third-order valence-electron chi connectivity index (χ3n) is 3.17. The first kappa shape index (κ1) is 13.1. The van der Waals surface area contributed by atoms with E-state index in [4.69, 9.17) is 0 Å². The quantitative estimate of drug-likeness (QED) is 0.719. The van der Waals surface area contributed by atoms with Crippen LogP contribution in [0.2, 0.25) is 0 Å². The number of hydrogen-bond acceptors (Lipinski definition) is 2. The number of aromatic amines is 2. The van der Waals surface area contributed by atoms with Gasteiger partial charge in [0.15, 0.2) is 0 Å². The molecule has 5 nitrogen and oxygen atoms in total. The van der Waals surface area contributed by atoms with Crippen LogP contribution in [0.4, 0.5) is 0 Å². The van der Waals surface area contributed by atoms with Gasteiger partial charge < -0.3 is 9.97 Å². The monoisotopic (exact) mass is 278 g/mol. The summed E-state index contributed by atoms with van der Waals surface area (Å²) in [5.41, 5.74) is 2.18. The Kier molecular flexibility index (Phi) is 3.73. The first-order chi connectivity index (χ1) is 10.3. The van der Waals surface area contributed by atoms with E-state index in [0.29, 0.717) is 0 Å². The fourth-order valence-electron chi connectivity index (χ4n) is 2.02. The Bertz CT molecular complexity index is 690. The van der Waals surface area contributed by atoms with Crippen molar-refractivity contribution >= 4 is 24.3 Å². The summed E-state index contributed by atoms with van der Waals surface area (Å²) in [5.74, 6) is 1.68. The van der Waals surface area contributed by atoms with E-state index in [1.165, 1.54) is 0 Å². The third-order valence-corrected chi connectivity index (χ3v) is 3.17. The molecule has 0 aliphatic rings. The Labute approximate surface area is 122 Å². The molecule has 3 rings (SSSR count). The second-order valence-electron chi connectivity index (χ2n) is 4.55. The largest absolute Gasteiger partial charge is 0.345 e. The minimum atomic E-state index is 0.839. The van der Waals surface area contributed by atoms with Crippen molar-refractivity contribution in [2.45, 2.75) is 0 Å². The Morgan fingerprint density at radius 3 is 1.81 bits per heavy atom. The standard InChI is InChI=1S/C16H15N5/c1-21-13(5-7-15-17-9-10-18-15)3-2-4-14(21)6-8-16-19-11-12-20-16/h2-12H,1H3,(H,17,18,19,20)/p+1. The molecule has 0 spiro atoms. The first-order valence-corrected chi connectivity index (χ1v) is 6.67. The van der Waals surface area contributed by atoms with Crippen LogP contribution in [0.25, 0.3) is 24.3 Å². The molecular weight excluding hydrogens is 262 g/mol. The van der Waals surface area contributed by atoms with E-state index in [1.807, 2.05) is 49.8 Å². The molecule has 21 heavy (non-hydrogen) atoms. The van der Waals surface area contributed by atoms with Gasteiger partial charge in [-0.1, -0.05) is 0 Å². The second-order valence-corrected chi connectivity index (χ2v) is 4.55. The molecule has 0 aliphatic carbocycles. The molecule has 3 heterocycles. The van der Waals surface area contributed by atoms with E-state index in [0.717, 1.165) is 23.0 Å². The highest BCUT2D eigenvalue weighted by Crippen LogP contribution is 2.05. The first-order valence-electron chi connectivity index (χ1n) is 6.67. The molecule has 0 saturated heterocycles. The van der Waals surface area contributed by atoms with Crippen molar-refractivity contribution in [1.82, 2.24) is 19.9 Å². The molecule has 0 radical (unpaired) electrons. The predicted octanol–water partition coefficient (Wildman–Crippen LogP) is 2.30. The number of pyridine rings is 1. The topological polar surface area (TPSA) is 61.2 Å². The van der Waals surface area contributed by atoms with Gasteiger partial charge >= 0.3 is 0 Å². The molecule has 0 aromatic carbocycles. The van der Waals surface area contributed by atoms with Crippen molar-refractivity contribution in [1.29, 1.82) is 0 Å². The molecule has 104 valence electrons. The molecule has 0 saturated carbocycles. The van der Waals surface area contributed by atoms with Gasteiger partial charge in [0.05, 0.1) is 0 Å². The van der Waals surface area contributed by atoms with Crippen molar-refractivity contribution in [3.63, 3.8) is 0 Å². The lowest BCUT2D eigenvalue weighted by molar-refractivity contribution is -0.675. The molecule has 3 aromatic rings. The molecule has 3 aromatic heterocycles. The van der Waals surface area contributed by atoms with Gasteiger partial charge in [-0.15, -0.1) is 0 Å². The van der Waals surface area contributed by atoms with Gasteiger partial charge in [-0.25, -0.2) is 9.97 Å². The van der Waals surface area contributed by atoms with E-state index < -0.39 is 0 Å². The van der Waals surface area contributed by atoms with Crippen molar-refractivity contribution in [2.24, 2.45) is 7.05 Å². The van der Waals surface area contributed by atoms with Crippen LogP contribution in [-0.2, 0) is 7.05 Å². The lowest BCUT2D eigenvalue weighted by atomic mass is 10.2. The summed E-state index contributed by atoms with van der Waals surface area (Å²) >= 11 is 0. The summed E-state index contributed by atoms with van der Waals surface area (Å²) in [6.45, 7) is 0. The van der Waals surface area contributed by atoms with Crippen molar-refractivity contribution in [3.05, 3.63) is 66.0 Å². The lowest BCUT2D eigenvalue weighted by Gasteiger charge is -1.98. The molecule has 0 unspecified atom stereocenters. The Hall–Kier alpha value is -2.95. The van der Waals surface area contributed by atoms with Gasteiger partial charge in [0.1, 0.15) is 18.7 Å². The highest BCUT2D eigenvalue weighted by Gasteiger charge is 2.07. The van der Waals surface area contributed by atoms with Crippen molar-refractivity contribution in [2.75, 3.05) is 0 Å². The van der Waals surface area contributed by atoms with E-state index in [1.54, 1.807) is 12.4 Å². The summed E-state index contributed by atoms with van der Waals surface area (Å²) in [5, 5.41) is 0. The number of rotatable bonds is 4. The molecule has 0 bridgehead atoms. The Balaban J connectivity index is 1.85. The number of nitrogens with zero attached hydrogens (tertiary/aromatic N) is 3. The van der Waals surface area contributed by atoms with E-state index in [2.05, 4.69) is 36.6 Å². The minimum Gasteiger partial charge on any atom is -0.345 e. The van der Waals surface area contributed by atoms with Gasteiger partial charge in [0, 0.05) is 49.1 Å². The van der Waals surface area contributed by atoms with Gasteiger partial charge in [0.2, 0.25) is 11.4 Å². The van der Waals surface area contributed by atoms with Crippen LogP contribution in [0, 0.1) is 0 Å². The van der Waals surface area contributed by atoms with Gasteiger partial charge in [-0.3, -0.25) is 0 Å². The Morgan fingerprint density at radius 2 is 1.38 bits per heavy atom. The normalized spacial score (nSPS) is 11.7. The number of hydrogen-bond donors (Lipinski definition) is 2. The molecule has 0 atom stereocenters. The summed E-state index contributed by atoms with van der Waals surface area (Å²) in [4.78, 5) is 14.5. The summed E-state index contributed by atoms with van der Waals surface area (Å²) in [6, 6.07) is 6.15. The van der Waals surface area contributed by atoms with Crippen LogP contribution in [0.3, 0.4) is 0 Å². The zero-order valence-corrected chi connectivity index (χ0v) is 11.7. The van der Waals surface area contributed by atoms with Gasteiger partial charge in [0.25, 0.3) is 0 Å². The zero-order chi connectivity index (χ0) is 14.5. The van der Waals surface area contributed by atoms with E-state index in [9.17, 15) is 0 Å². The maximum atomic E-state index is 4.18.